The Morgan fingerprint density at radius 2 is 2.11 bits per heavy atom. The van der Waals surface area contributed by atoms with E-state index in [1.807, 2.05) is 13.8 Å². The second kappa shape index (κ2) is 6.75. The molecule has 3 N–H and O–H groups in total. The van der Waals surface area contributed by atoms with Crippen molar-refractivity contribution in [2.24, 2.45) is 5.92 Å². The van der Waals surface area contributed by atoms with Crippen LogP contribution in [0.1, 0.15) is 25.8 Å². The number of aromatic hydroxyl groups is 1. The molecule has 0 radical (unpaired) electrons. The van der Waals surface area contributed by atoms with Crippen LogP contribution in [0, 0.1) is 5.92 Å². The van der Waals surface area contributed by atoms with Crippen LogP contribution in [0.2, 0.25) is 0 Å². The van der Waals surface area contributed by atoms with Crippen molar-refractivity contribution < 1.29 is 15.0 Å². The highest BCUT2D eigenvalue weighted by atomic mass is 79.9. The van der Waals surface area contributed by atoms with E-state index in [0.717, 1.165) is 0 Å². The highest BCUT2D eigenvalue weighted by Crippen LogP contribution is 2.27. The lowest BCUT2D eigenvalue weighted by Crippen LogP contribution is -2.37. The Hall–Kier alpha value is -1.07. The van der Waals surface area contributed by atoms with Crippen LogP contribution < -0.4 is 5.32 Å². The molecule has 0 amide bonds. The first-order chi connectivity index (χ1) is 8.41. The number of rotatable bonds is 6. The summed E-state index contributed by atoms with van der Waals surface area (Å²) in [6.45, 7) is 4.29. The fourth-order valence-corrected chi connectivity index (χ4v) is 2.09. The average Bonchev–Trinajstić information content (AvgIpc) is 2.28. The van der Waals surface area contributed by atoms with Gasteiger partial charge in [-0.2, -0.15) is 0 Å². The van der Waals surface area contributed by atoms with Gasteiger partial charge in [0.2, 0.25) is 0 Å². The third-order valence-corrected chi connectivity index (χ3v) is 3.25. The Morgan fingerprint density at radius 3 is 2.67 bits per heavy atom. The van der Waals surface area contributed by atoms with E-state index in [1.165, 1.54) is 0 Å². The van der Waals surface area contributed by atoms with Gasteiger partial charge in [-0.3, -0.25) is 4.79 Å². The number of hydrogen-bond acceptors (Lipinski definition) is 3. The molecular weight excluding hydrogens is 298 g/mol. The first kappa shape index (κ1) is 15.0. The topological polar surface area (TPSA) is 69.6 Å². The standard InChI is InChI=1S/C13H18BrNO3/c1-8(2)6-11(13(17)18)15-7-9-4-3-5-10(14)12(9)16/h3-5,8,11,15-16H,6-7H2,1-2H3,(H,17,18). The van der Waals surface area contributed by atoms with Crippen LogP contribution in [0.5, 0.6) is 5.75 Å². The van der Waals surface area contributed by atoms with Gasteiger partial charge in [-0.1, -0.05) is 26.0 Å². The minimum atomic E-state index is -0.863. The van der Waals surface area contributed by atoms with Crippen LogP contribution in [-0.2, 0) is 11.3 Å². The molecule has 18 heavy (non-hydrogen) atoms. The number of phenolic OH excluding ortho intramolecular Hbond substituents is 1. The normalized spacial score (nSPS) is 12.7. The monoisotopic (exact) mass is 315 g/mol. The lowest BCUT2D eigenvalue weighted by Gasteiger charge is -2.17. The van der Waals surface area contributed by atoms with Gasteiger partial charge in [-0.25, -0.2) is 0 Å². The van der Waals surface area contributed by atoms with Crippen molar-refractivity contribution in [2.45, 2.75) is 32.9 Å². The fraction of sp³-hybridized carbons (Fsp3) is 0.462. The molecule has 0 aliphatic rings. The molecule has 0 bridgehead atoms. The van der Waals surface area contributed by atoms with Crippen LogP contribution in [-0.4, -0.2) is 22.2 Å². The number of carboxylic acid groups (broad SMARTS) is 1. The summed E-state index contributed by atoms with van der Waals surface area (Å²) in [6.07, 6.45) is 0.560. The van der Waals surface area contributed by atoms with Gasteiger partial charge < -0.3 is 15.5 Å². The zero-order valence-corrected chi connectivity index (χ0v) is 12.1. The van der Waals surface area contributed by atoms with Crippen molar-refractivity contribution in [1.29, 1.82) is 0 Å². The van der Waals surface area contributed by atoms with Crippen LogP contribution in [0.25, 0.3) is 0 Å². The molecule has 1 aromatic rings. The smallest absolute Gasteiger partial charge is 0.320 e. The number of phenols is 1. The average molecular weight is 316 g/mol. The van der Waals surface area contributed by atoms with Gasteiger partial charge in [0.25, 0.3) is 0 Å². The third-order valence-electron chi connectivity index (χ3n) is 2.61. The number of carboxylic acids is 1. The van der Waals surface area contributed by atoms with Crippen LogP contribution in [0.4, 0.5) is 0 Å². The first-order valence-corrected chi connectivity index (χ1v) is 6.63. The summed E-state index contributed by atoms with van der Waals surface area (Å²) in [5.74, 6) is -0.411. The molecule has 4 nitrogen and oxygen atoms in total. The molecule has 1 unspecified atom stereocenters. The zero-order chi connectivity index (χ0) is 13.7. The van der Waals surface area contributed by atoms with Crippen molar-refractivity contribution in [3.63, 3.8) is 0 Å². The van der Waals surface area contributed by atoms with Gasteiger partial charge in [0.15, 0.2) is 0 Å². The van der Waals surface area contributed by atoms with Gasteiger partial charge in [0.1, 0.15) is 11.8 Å². The SMILES string of the molecule is CC(C)CC(NCc1cccc(Br)c1O)C(=O)O. The van der Waals surface area contributed by atoms with Crippen LogP contribution in [0.3, 0.4) is 0 Å². The molecule has 0 aliphatic heterocycles. The molecule has 0 heterocycles. The van der Waals surface area contributed by atoms with E-state index in [-0.39, 0.29) is 5.75 Å². The van der Waals surface area contributed by atoms with E-state index in [4.69, 9.17) is 5.11 Å². The van der Waals surface area contributed by atoms with E-state index in [9.17, 15) is 9.90 Å². The summed E-state index contributed by atoms with van der Waals surface area (Å²) in [5.41, 5.74) is 0.680. The van der Waals surface area contributed by atoms with Gasteiger partial charge in [0.05, 0.1) is 4.47 Å². The Labute approximate surface area is 115 Å². The van der Waals surface area contributed by atoms with Crippen LogP contribution >= 0.6 is 15.9 Å². The minimum Gasteiger partial charge on any atom is -0.506 e. The summed E-state index contributed by atoms with van der Waals surface area (Å²) in [5, 5.41) is 21.8. The van der Waals surface area contributed by atoms with Gasteiger partial charge >= 0.3 is 5.97 Å². The summed E-state index contributed by atoms with van der Waals surface area (Å²) < 4.78 is 0.609. The summed E-state index contributed by atoms with van der Waals surface area (Å²) >= 11 is 3.23. The summed E-state index contributed by atoms with van der Waals surface area (Å²) in [4.78, 5) is 11.1. The maximum absolute atomic E-state index is 11.1. The molecule has 0 aromatic heterocycles. The third kappa shape index (κ3) is 4.31. The predicted octanol–water partition coefficient (Wildman–Crippen LogP) is 2.74. The summed E-state index contributed by atoms with van der Waals surface area (Å²) in [6, 6.07) is 4.71. The number of nitrogens with one attached hydrogen (secondary N) is 1. The van der Waals surface area contributed by atoms with Crippen molar-refractivity contribution in [2.75, 3.05) is 0 Å². The molecule has 0 saturated carbocycles. The largest absolute Gasteiger partial charge is 0.506 e. The van der Waals surface area contributed by atoms with E-state index >= 15 is 0 Å². The number of halogens is 1. The zero-order valence-electron chi connectivity index (χ0n) is 10.5. The van der Waals surface area contributed by atoms with Crippen molar-refractivity contribution in [3.8, 4) is 5.75 Å². The molecule has 0 fully saturated rings. The number of para-hydroxylation sites is 1. The minimum absolute atomic E-state index is 0.152. The van der Waals surface area contributed by atoms with Gasteiger partial charge in [-0.05, 0) is 34.3 Å². The lowest BCUT2D eigenvalue weighted by molar-refractivity contribution is -0.140. The number of carbonyl (C=O) groups is 1. The predicted molar refractivity (Wildman–Crippen MR) is 73.5 cm³/mol. The first-order valence-electron chi connectivity index (χ1n) is 5.84. The van der Waals surface area contributed by atoms with E-state index in [2.05, 4.69) is 21.2 Å². The van der Waals surface area contributed by atoms with Gasteiger partial charge in [-0.15, -0.1) is 0 Å². The van der Waals surface area contributed by atoms with Crippen LogP contribution in [0.15, 0.2) is 22.7 Å². The fourth-order valence-electron chi connectivity index (χ4n) is 1.68. The Morgan fingerprint density at radius 1 is 1.44 bits per heavy atom. The Bertz CT molecular complexity index is 421. The number of hydrogen-bond donors (Lipinski definition) is 3. The Balaban J connectivity index is 2.67. The molecule has 1 aromatic carbocycles. The van der Waals surface area contributed by atoms with Crippen molar-refractivity contribution in [3.05, 3.63) is 28.2 Å². The van der Waals surface area contributed by atoms with E-state index < -0.39 is 12.0 Å². The molecule has 100 valence electrons. The van der Waals surface area contributed by atoms with Gasteiger partial charge in [0, 0.05) is 12.1 Å². The molecule has 0 spiro atoms. The Kier molecular flexibility index (Phi) is 5.62. The highest BCUT2D eigenvalue weighted by Gasteiger charge is 2.18. The molecule has 0 aliphatic carbocycles. The molecule has 0 saturated heterocycles. The highest BCUT2D eigenvalue weighted by molar-refractivity contribution is 9.10. The number of benzene rings is 1. The molecular formula is C13H18BrNO3. The van der Waals surface area contributed by atoms with E-state index in [0.29, 0.717) is 28.9 Å². The van der Waals surface area contributed by atoms with Crippen molar-refractivity contribution >= 4 is 21.9 Å². The van der Waals surface area contributed by atoms with Crippen molar-refractivity contribution in [1.82, 2.24) is 5.32 Å². The maximum atomic E-state index is 11.1. The quantitative estimate of drug-likeness (QED) is 0.755. The molecule has 1 rings (SSSR count). The second-order valence-corrected chi connectivity index (χ2v) is 5.50. The van der Waals surface area contributed by atoms with E-state index in [1.54, 1.807) is 18.2 Å². The second-order valence-electron chi connectivity index (χ2n) is 4.65. The lowest BCUT2D eigenvalue weighted by atomic mass is 10.0. The summed E-state index contributed by atoms with van der Waals surface area (Å²) in [7, 11) is 0. The maximum Gasteiger partial charge on any atom is 0.320 e. The molecule has 1 atom stereocenters. The molecule has 5 heteroatoms. The number of aliphatic carboxylic acids is 1.